The van der Waals surface area contributed by atoms with Crippen LogP contribution >= 0.6 is 0 Å². The number of aromatic nitrogens is 2. The average molecular weight is 485 g/mol. The summed E-state index contributed by atoms with van der Waals surface area (Å²) in [6, 6.07) is 3.25. The Morgan fingerprint density at radius 3 is 2.63 bits per heavy atom. The minimum absolute atomic E-state index is 0.0667. The van der Waals surface area contributed by atoms with Gasteiger partial charge in [0, 0.05) is 44.8 Å². The quantitative estimate of drug-likeness (QED) is 0.597. The molecule has 0 aliphatic carbocycles. The number of benzene rings is 1. The molecule has 1 N–H and O–H groups in total. The number of halogens is 1. The van der Waals surface area contributed by atoms with E-state index in [0.29, 0.717) is 64.0 Å². The van der Waals surface area contributed by atoms with Crippen LogP contribution in [-0.4, -0.2) is 90.8 Å². The monoisotopic (exact) mass is 484 g/mol. The van der Waals surface area contributed by atoms with Gasteiger partial charge in [-0.15, -0.1) is 0 Å². The molecule has 2 aliphatic heterocycles. The zero-order chi connectivity index (χ0) is 25.1. The normalized spacial score (nSPS) is 15.9. The highest BCUT2D eigenvalue weighted by atomic mass is 19.1. The third-order valence-corrected chi connectivity index (χ3v) is 6.48. The summed E-state index contributed by atoms with van der Waals surface area (Å²) in [5, 5.41) is 10.4. The first-order valence-electron chi connectivity index (χ1n) is 11.8. The number of hydrogen-bond acceptors (Lipinski definition) is 8. The number of piperazine rings is 1. The van der Waals surface area contributed by atoms with E-state index < -0.39 is 5.82 Å². The van der Waals surface area contributed by atoms with Crippen LogP contribution in [0, 0.1) is 12.7 Å². The molecule has 0 bridgehead atoms. The smallest absolute Gasteiger partial charge is 0.318 e. The molecule has 4 rings (SSSR count). The first kappa shape index (κ1) is 24.7. The second-order valence-electron chi connectivity index (χ2n) is 9.16. The highest BCUT2D eigenvalue weighted by Gasteiger charge is 2.30. The molecule has 35 heavy (non-hydrogen) atoms. The molecule has 1 fully saturated rings. The van der Waals surface area contributed by atoms with Gasteiger partial charge in [0.15, 0.2) is 11.6 Å². The molecule has 0 saturated carbocycles. The first-order chi connectivity index (χ1) is 16.8. The van der Waals surface area contributed by atoms with Crippen molar-refractivity contribution in [2.45, 2.75) is 19.9 Å². The van der Waals surface area contributed by atoms with Gasteiger partial charge in [-0.25, -0.2) is 4.39 Å². The van der Waals surface area contributed by atoms with Crippen molar-refractivity contribution in [3.8, 4) is 11.8 Å². The summed E-state index contributed by atoms with van der Waals surface area (Å²) in [6.45, 7) is 10.1. The summed E-state index contributed by atoms with van der Waals surface area (Å²) >= 11 is 0. The molecule has 2 aromatic rings. The van der Waals surface area contributed by atoms with Crippen molar-refractivity contribution in [3.63, 3.8) is 0 Å². The summed E-state index contributed by atoms with van der Waals surface area (Å²) in [5.41, 5.74) is 3.11. The summed E-state index contributed by atoms with van der Waals surface area (Å²) in [7, 11) is 3.94. The molecule has 1 aromatic heterocycles. The Morgan fingerprint density at radius 2 is 1.94 bits per heavy atom. The summed E-state index contributed by atoms with van der Waals surface area (Å²) < 4.78 is 20.0. The first-order valence-corrected chi connectivity index (χ1v) is 11.8. The number of hydrogen-bond donors (Lipinski definition) is 1. The molecule has 0 spiro atoms. The Balaban J connectivity index is 1.63. The maximum absolute atomic E-state index is 14.1. The fourth-order valence-corrected chi connectivity index (χ4v) is 4.55. The number of rotatable bonds is 7. The number of nitrogens with zero attached hydrogens (tertiary/aromatic N) is 6. The van der Waals surface area contributed by atoms with E-state index in [2.05, 4.69) is 11.5 Å². The molecule has 0 unspecified atom stereocenters. The average Bonchev–Trinajstić information content (AvgIpc) is 2.85. The van der Waals surface area contributed by atoms with Crippen molar-refractivity contribution in [2.24, 2.45) is 0 Å². The fourth-order valence-electron chi connectivity index (χ4n) is 4.55. The zero-order valence-corrected chi connectivity index (χ0v) is 20.6. The fraction of sp³-hybridized carbons (Fsp3) is 0.480. The van der Waals surface area contributed by atoms with E-state index >= 15 is 0 Å². The lowest BCUT2D eigenvalue weighted by Crippen LogP contribution is -2.49. The second kappa shape index (κ2) is 10.5. The molecule has 1 amide bonds. The van der Waals surface area contributed by atoms with Crippen LogP contribution in [0.2, 0.25) is 0 Å². The number of carbonyl (C=O) groups excluding carboxylic acids is 1. The summed E-state index contributed by atoms with van der Waals surface area (Å²) in [4.78, 5) is 29.4. The lowest BCUT2D eigenvalue weighted by molar-refractivity contribution is -0.126. The molecule has 0 radical (unpaired) electrons. The van der Waals surface area contributed by atoms with Crippen LogP contribution in [-0.2, 0) is 17.8 Å². The van der Waals surface area contributed by atoms with Crippen molar-refractivity contribution in [1.29, 1.82) is 0 Å². The van der Waals surface area contributed by atoms with Crippen molar-refractivity contribution in [1.82, 2.24) is 19.8 Å². The largest absolute Gasteiger partial charge is 0.503 e. The minimum atomic E-state index is -0.639. The van der Waals surface area contributed by atoms with E-state index in [1.807, 2.05) is 30.8 Å². The Morgan fingerprint density at radius 1 is 1.20 bits per heavy atom. The number of aromatic hydroxyl groups is 1. The molecule has 9 nitrogen and oxygen atoms in total. The summed E-state index contributed by atoms with van der Waals surface area (Å²) in [6.07, 6.45) is 1.99. The predicted octanol–water partition coefficient (Wildman–Crippen LogP) is 1.97. The number of phenols is 1. The van der Waals surface area contributed by atoms with Crippen LogP contribution in [0.5, 0.6) is 11.8 Å². The Bertz CT molecular complexity index is 1100. The van der Waals surface area contributed by atoms with Gasteiger partial charge in [-0.3, -0.25) is 4.79 Å². The number of amides is 1. The Labute approximate surface area is 205 Å². The van der Waals surface area contributed by atoms with Crippen LogP contribution in [0.15, 0.2) is 24.8 Å². The molecule has 188 valence electrons. The van der Waals surface area contributed by atoms with Gasteiger partial charge in [0.25, 0.3) is 0 Å². The van der Waals surface area contributed by atoms with E-state index in [9.17, 15) is 14.3 Å². The van der Waals surface area contributed by atoms with Gasteiger partial charge < -0.3 is 29.4 Å². The van der Waals surface area contributed by atoms with Crippen molar-refractivity contribution < 1.29 is 19.0 Å². The number of fused-ring (bicyclic) bond motifs is 1. The van der Waals surface area contributed by atoms with Crippen LogP contribution < -0.4 is 14.5 Å². The van der Waals surface area contributed by atoms with Gasteiger partial charge in [0.05, 0.1) is 17.9 Å². The molecule has 3 heterocycles. The van der Waals surface area contributed by atoms with E-state index in [1.54, 1.807) is 11.0 Å². The van der Waals surface area contributed by atoms with Gasteiger partial charge in [-0.1, -0.05) is 12.6 Å². The van der Waals surface area contributed by atoms with Crippen molar-refractivity contribution in [2.75, 3.05) is 69.8 Å². The van der Waals surface area contributed by atoms with Crippen LogP contribution in [0.1, 0.15) is 16.8 Å². The van der Waals surface area contributed by atoms with E-state index in [1.165, 1.54) is 12.1 Å². The van der Waals surface area contributed by atoms with E-state index in [0.717, 1.165) is 29.2 Å². The molecular weight excluding hydrogens is 451 g/mol. The van der Waals surface area contributed by atoms with Gasteiger partial charge >= 0.3 is 6.01 Å². The molecule has 1 saturated heterocycles. The minimum Gasteiger partial charge on any atom is -0.503 e. The van der Waals surface area contributed by atoms with Gasteiger partial charge in [0.2, 0.25) is 5.91 Å². The number of likely N-dealkylation sites (N-methyl/N-ethyl adjacent to an activating group) is 1. The number of phenolic OH excluding ortho intramolecular Hbond substituents is 1. The number of anilines is 2. The summed E-state index contributed by atoms with van der Waals surface area (Å²) in [5.74, 6) is -0.226. The SMILES string of the molecule is C=CC(=O)N1CCN(c2nc(OCCN(C)C)nc3c2CCN(c2c(C)ccc(F)c2O)C3)CC1. The molecule has 10 heteroatoms. The van der Waals surface area contributed by atoms with Crippen LogP contribution in [0.4, 0.5) is 15.9 Å². The number of aryl methyl sites for hydroxylation is 1. The lowest BCUT2D eigenvalue weighted by Gasteiger charge is -2.38. The van der Waals surface area contributed by atoms with Crippen molar-refractivity contribution in [3.05, 3.63) is 47.4 Å². The third kappa shape index (κ3) is 5.32. The molecule has 0 atom stereocenters. The second-order valence-corrected chi connectivity index (χ2v) is 9.16. The highest BCUT2D eigenvalue weighted by molar-refractivity contribution is 5.87. The molecular formula is C25H33FN6O3. The highest BCUT2D eigenvalue weighted by Crippen LogP contribution is 2.38. The van der Waals surface area contributed by atoms with Crippen LogP contribution in [0.25, 0.3) is 0 Å². The van der Waals surface area contributed by atoms with Crippen LogP contribution in [0.3, 0.4) is 0 Å². The van der Waals surface area contributed by atoms with E-state index in [4.69, 9.17) is 14.7 Å². The maximum atomic E-state index is 14.1. The number of ether oxygens (including phenoxy) is 1. The Hall–Kier alpha value is -3.40. The van der Waals surface area contributed by atoms with Crippen molar-refractivity contribution >= 4 is 17.4 Å². The van der Waals surface area contributed by atoms with Gasteiger partial charge in [-0.05, 0) is 45.1 Å². The number of carbonyl (C=O) groups is 1. The van der Waals surface area contributed by atoms with Gasteiger partial charge in [0.1, 0.15) is 12.4 Å². The van der Waals surface area contributed by atoms with Gasteiger partial charge in [-0.2, -0.15) is 9.97 Å². The maximum Gasteiger partial charge on any atom is 0.318 e. The zero-order valence-electron chi connectivity index (χ0n) is 20.6. The predicted molar refractivity (Wildman–Crippen MR) is 133 cm³/mol. The van der Waals surface area contributed by atoms with E-state index in [-0.39, 0.29) is 11.7 Å². The lowest BCUT2D eigenvalue weighted by atomic mass is 10.0. The topological polar surface area (TPSA) is 85.3 Å². The Kier molecular flexibility index (Phi) is 7.39. The standard InChI is InChI=1S/C25H33FN6O3/c1-5-21(33)30-10-12-31(13-11-30)24-18-8-9-32(22-17(2)6-7-19(26)23(22)34)16-20(18)27-25(28-24)35-15-14-29(3)4/h5-7,34H,1,8-16H2,2-4H3. The molecule has 2 aliphatic rings. The third-order valence-electron chi connectivity index (χ3n) is 6.48. The molecule has 1 aromatic carbocycles.